The Kier molecular flexibility index (Phi) is 3.42. The van der Waals surface area contributed by atoms with Crippen LogP contribution in [0.1, 0.15) is 6.42 Å². The van der Waals surface area contributed by atoms with E-state index >= 15 is 0 Å². The van der Waals surface area contributed by atoms with Crippen LogP contribution in [-0.4, -0.2) is 53.6 Å². The van der Waals surface area contributed by atoms with Gasteiger partial charge >= 0.3 is 0 Å². The topological polar surface area (TPSA) is 79.2 Å². The zero-order valence-electron chi connectivity index (χ0n) is 6.88. The van der Waals surface area contributed by atoms with Crippen molar-refractivity contribution in [2.24, 2.45) is 0 Å². The molecule has 1 aliphatic rings. The smallest absolute Gasteiger partial charge is 0.183 e. The number of hydrogen-bond acceptors (Lipinski definition) is 5. The monoisotopic (exact) mass is 178 g/mol. The Labute approximate surface area is 70.5 Å². The van der Waals surface area contributed by atoms with E-state index in [-0.39, 0.29) is 13.0 Å². The third-order valence-corrected chi connectivity index (χ3v) is 1.95. The SMILES string of the molecule is CO[C@@H]1O[C@@H](CO)[C@@H](O)C[C@@H]1O. The van der Waals surface area contributed by atoms with E-state index in [9.17, 15) is 10.2 Å². The molecule has 12 heavy (non-hydrogen) atoms. The van der Waals surface area contributed by atoms with Gasteiger partial charge in [0.2, 0.25) is 0 Å². The molecule has 0 aromatic heterocycles. The highest BCUT2D eigenvalue weighted by Crippen LogP contribution is 2.20. The van der Waals surface area contributed by atoms with Gasteiger partial charge in [-0.3, -0.25) is 0 Å². The summed E-state index contributed by atoms with van der Waals surface area (Å²) in [5, 5.41) is 27.3. The van der Waals surface area contributed by atoms with Gasteiger partial charge in [0.15, 0.2) is 6.29 Å². The molecule has 1 aliphatic heterocycles. The van der Waals surface area contributed by atoms with Gasteiger partial charge in [-0.15, -0.1) is 0 Å². The third kappa shape index (κ3) is 1.94. The maximum Gasteiger partial charge on any atom is 0.183 e. The average Bonchev–Trinajstić information content (AvgIpc) is 2.05. The van der Waals surface area contributed by atoms with Crippen LogP contribution < -0.4 is 0 Å². The molecule has 3 N–H and O–H groups in total. The van der Waals surface area contributed by atoms with Crippen LogP contribution in [0.2, 0.25) is 0 Å². The van der Waals surface area contributed by atoms with Gasteiger partial charge in [-0.2, -0.15) is 0 Å². The van der Waals surface area contributed by atoms with Gasteiger partial charge in [0, 0.05) is 13.5 Å². The summed E-state index contributed by atoms with van der Waals surface area (Å²) in [4.78, 5) is 0. The lowest BCUT2D eigenvalue weighted by atomic mass is 10.0. The lowest BCUT2D eigenvalue weighted by Crippen LogP contribution is -2.49. The van der Waals surface area contributed by atoms with E-state index in [4.69, 9.17) is 14.6 Å². The van der Waals surface area contributed by atoms with Crippen LogP contribution in [0.15, 0.2) is 0 Å². The van der Waals surface area contributed by atoms with Crippen LogP contribution in [0.3, 0.4) is 0 Å². The molecule has 0 spiro atoms. The molecule has 1 saturated heterocycles. The minimum atomic E-state index is -0.826. The molecule has 0 amide bonds. The molecule has 1 rings (SSSR count). The number of methoxy groups -OCH3 is 1. The second-order valence-corrected chi connectivity index (χ2v) is 2.83. The van der Waals surface area contributed by atoms with Gasteiger partial charge in [-0.05, 0) is 0 Å². The summed E-state index contributed by atoms with van der Waals surface area (Å²) >= 11 is 0. The molecular formula is C7H14O5. The number of hydrogen-bond donors (Lipinski definition) is 3. The standard InChI is InChI=1S/C7H14O5/c1-11-7-5(10)2-4(9)6(3-8)12-7/h4-10H,2-3H2,1H3/t4-,5-,6-,7+/m0/s1. The van der Waals surface area contributed by atoms with Crippen LogP contribution in [-0.2, 0) is 9.47 Å². The van der Waals surface area contributed by atoms with Crippen molar-refractivity contribution < 1.29 is 24.8 Å². The molecule has 4 atom stereocenters. The van der Waals surface area contributed by atoms with Gasteiger partial charge in [-0.1, -0.05) is 0 Å². The molecule has 0 radical (unpaired) electrons. The predicted octanol–water partition coefficient (Wildman–Crippen LogP) is -1.54. The van der Waals surface area contributed by atoms with E-state index < -0.39 is 24.6 Å². The first-order chi connectivity index (χ1) is 5.69. The highest BCUT2D eigenvalue weighted by molar-refractivity contribution is 4.80. The van der Waals surface area contributed by atoms with E-state index in [1.807, 2.05) is 0 Å². The third-order valence-electron chi connectivity index (χ3n) is 1.95. The van der Waals surface area contributed by atoms with Gasteiger partial charge in [-0.25, -0.2) is 0 Å². The van der Waals surface area contributed by atoms with Crippen molar-refractivity contribution in [1.82, 2.24) is 0 Å². The molecule has 0 saturated carbocycles. The predicted molar refractivity (Wildman–Crippen MR) is 39.4 cm³/mol. The highest BCUT2D eigenvalue weighted by Gasteiger charge is 2.35. The van der Waals surface area contributed by atoms with Crippen molar-refractivity contribution in [2.75, 3.05) is 13.7 Å². The zero-order valence-corrected chi connectivity index (χ0v) is 6.88. The molecule has 5 nitrogen and oxygen atoms in total. The van der Waals surface area contributed by atoms with Gasteiger partial charge in [0.05, 0.1) is 12.7 Å². The number of aliphatic hydroxyl groups excluding tert-OH is 3. The van der Waals surface area contributed by atoms with Crippen molar-refractivity contribution in [3.63, 3.8) is 0 Å². The minimum absolute atomic E-state index is 0.170. The minimum Gasteiger partial charge on any atom is -0.394 e. The Hall–Kier alpha value is -0.200. The number of rotatable bonds is 2. The molecule has 0 aliphatic carbocycles. The highest BCUT2D eigenvalue weighted by atomic mass is 16.7. The molecule has 0 aromatic rings. The molecule has 5 heteroatoms. The quantitative estimate of drug-likeness (QED) is 0.477. The Morgan fingerprint density at radius 1 is 1.42 bits per heavy atom. The summed E-state index contributed by atoms with van der Waals surface area (Å²) in [6.45, 7) is -0.270. The van der Waals surface area contributed by atoms with Crippen molar-refractivity contribution in [1.29, 1.82) is 0 Å². The second-order valence-electron chi connectivity index (χ2n) is 2.83. The summed E-state index contributed by atoms with van der Waals surface area (Å²) in [5.74, 6) is 0. The summed E-state index contributed by atoms with van der Waals surface area (Å²) < 4.78 is 9.83. The van der Waals surface area contributed by atoms with E-state index in [0.717, 1.165) is 0 Å². The fraction of sp³-hybridized carbons (Fsp3) is 1.00. The second kappa shape index (κ2) is 4.15. The number of ether oxygens (including phenoxy) is 2. The van der Waals surface area contributed by atoms with Crippen LogP contribution in [0.5, 0.6) is 0 Å². The largest absolute Gasteiger partial charge is 0.394 e. The summed E-state index contributed by atoms with van der Waals surface area (Å²) in [5.41, 5.74) is 0. The Balaban J connectivity index is 2.50. The van der Waals surface area contributed by atoms with E-state index in [1.165, 1.54) is 7.11 Å². The zero-order chi connectivity index (χ0) is 9.14. The summed E-state index contributed by atoms with van der Waals surface area (Å²) in [6.07, 6.45) is -2.88. The van der Waals surface area contributed by atoms with Crippen molar-refractivity contribution in [3.8, 4) is 0 Å². The van der Waals surface area contributed by atoms with Gasteiger partial charge in [0.25, 0.3) is 0 Å². The molecule has 1 fully saturated rings. The van der Waals surface area contributed by atoms with Crippen LogP contribution in [0, 0.1) is 0 Å². The van der Waals surface area contributed by atoms with Gasteiger partial charge < -0.3 is 24.8 Å². The fourth-order valence-electron chi connectivity index (χ4n) is 1.24. The Morgan fingerprint density at radius 3 is 2.58 bits per heavy atom. The first-order valence-electron chi connectivity index (χ1n) is 3.84. The lowest BCUT2D eigenvalue weighted by molar-refractivity contribution is -0.261. The number of aliphatic hydroxyl groups is 3. The van der Waals surface area contributed by atoms with Gasteiger partial charge in [0.1, 0.15) is 12.2 Å². The van der Waals surface area contributed by atoms with Crippen molar-refractivity contribution in [2.45, 2.75) is 31.0 Å². The molecule has 72 valence electrons. The Bertz CT molecular complexity index is 126. The first-order valence-corrected chi connectivity index (χ1v) is 3.84. The van der Waals surface area contributed by atoms with E-state index in [1.54, 1.807) is 0 Å². The van der Waals surface area contributed by atoms with Crippen molar-refractivity contribution in [3.05, 3.63) is 0 Å². The molecule has 1 heterocycles. The molecule has 0 aromatic carbocycles. The lowest BCUT2D eigenvalue weighted by Gasteiger charge is -2.35. The molecule has 0 bridgehead atoms. The van der Waals surface area contributed by atoms with E-state index in [2.05, 4.69) is 0 Å². The molecular weight excluding hydrogens is 164 g/mol. The fourth-order valence-corrected chi connectivity index (χ4v) is 1.24. The first kappa shape index (κ1) is 9.88. The normalized spacial score (nSPS) is 43.0. The van der Waals surface area contributed by atoms with Crippen LogP contribution >= 0.6 is 0 Å². The average molecular weight is 178 g/mol. The van der Waals surface area contributed by atoms with Crippen LogP contribution in [0.4, 0.5) is 0 Å². The molecule has 0 unspecified atom stereocenters. The van der Waals surface area contributed by atoms with Crippen molar-refractivity contribution >= 4 is 0 Å². The maximum absolute atomic E-state index is 9.26. The van der Waals surface area contributed by atoms with E-state index in [0.29, 0.717) is 0 Å². The maximum atomic E-state index is 9.26. The summed E-state index contributed by atoms with van der Waals surface area (Å²) in [7, 11) is 1.40. The Morgan fingerprint density at radius 2 is 2.08 bits per heavy atom. The summed E-state index contributed by atoms with van der Waals surface area (Å²) in [6, 6.07) is 0. The van der Waals surface area contributed by atoms with Crippen LogP contribution in [0.25, 0.3) is 0 Å².